The van der Waals surface area contributed by atoms with Gasteiger partial charge in [0.2, 0.25) is 5.88 Å². The molecule has 1 aliphatic rings. The molecule has 0 aliphatic carbocycles. The number of nitrogens with zero attached hydrogens (tertiary/aromatic N) is 4. The van der Waals surface area contributed by atoms with Crippen LogP contribution in [0.2, 0.25) is 10.0 Å². The average molecular weight is 440 g/mol. The molecule has 30 heavy (non-hydrogen) atoms. The van der Waals surface area contributed by atoms with Crippen LogP contribution in [0.1, 0.15) is 16.8 Å². The minimum atomic E-state index is -0.921. The van der Waals surface area contributed by atoms with E-state index in [0.717, 1.165) is 16.8 Å². The highest BCUT2D eigenvalue weighted by Crippen LogP contribution is 2.42. The zero-order chi connectivity index (χ0) is 21.6. The van der Waals surface area contributed by atoms with Crippen molar-refractivity contribution in [3.8, 4) is 17.6 Å². The summed E-state index contributed by atoms with van der Waals surface area (Å²) < 4.78 is 7.55. The van der Waals surface area contributed by atoms with Gasteiger partial charge in [0.15, 0.2) is 6.23 Å². The Balaban J connectivity index is 1.94. The van der Waals surface area contributed by atoms with Crippen LogP contribution >= 0.6 is 23.2 Å². The molecule has 1 atom stereocenters. The van der Waals surface area contributed by atoms with Gasteiger partial charge < -0.3 is 9.64 Å². The van der Waals surface area contributed by atoms with Gasteiger partial charge in [0.05, 0.1) is 22.5 Å². The molecule has 1 unspecified atom stereocenters. The van der Waals surface area contributed by atoms with Crippen molar-refractivity contribution in [2.24, 2.45) is 5.73 Å². The van der Waals surface area contributed by atoms with Gasteiger partial charge in [0, 0.05) is 35.4 Å². The summed E-state index contributed by atoms with van der Waals surface area (Å²) in [6.45, 7) is 1.87. The highest BCUT2D eigenvalue weighted by atomic mass is 35.5. The van der Waals surface area contributed by atoms with Gasteiger partial charge in [-0.15, -0.1) is 0 Å². The maximum absolute atomic E-state index is 9.81. The standard InChI is InChI=1S/C22H19Cl2N5O/c1-12-19-20(13-4-6-16(7-5-13)28(2)3)18(11-25)21(26)30-22(19)29(27-12)17-9-14(23)8-15(24)10-17/h4-10,21H,26H2,1-3H3. The molecule has 0 radical (unpaired) electrons. The minimum absolute atomic E-state index is 0.354. The predicted octanol–water partition coefficient (Wildman–Crippen LogP) is 4.56. The van der Waals surface area contributed by atoms with E-state index in [9.17, 15) is 5.26 Å². The summed E-state index contributed by atoms with van der Waals surface area (Å²) in [4.78, 5) is 2.01. The van der Waals surface area contributed by atoms with Gasteiger partial charge in [-0.25, -0.2) is 4.68 Å². The lowest BCUT2D eigenvalue weighted by Gasteiger charge is -2.25. The second-order valence-electron chi connectivity index (χ2n) is 7.19. The zero-order valence-corrected chi connectivity index (χ0v) is 18.2. The smallest absolute Gasteiger partial charge is 0.226 e. The maximum Gasteiger partial charge on any atom is 0.226 e. The number of aryl methyl sites for hydroxylation is 1. The summed E-state index contributed by atoms with van der Waals surface area (Å²) in [5.41, 5.74) is 11.3. The molecule has 1 aliphatic heterocycles. The van der Waals surface area contributed by atoms with Crippen molar-refractivity contribution < 1.29 is 4.74 Å². The third kappa shape index (κ3) is 3.41. The van der Waals surface area contributed by atoms with Gasteiger partial charge in [-0.1, -0.05) is 35.3 Å². The first kappa shape index (κ1) is 20.3. The highest BCUT2D eigenvalue weighted by Gasteiger charge is 2.33. The molecule has 1 aromatic heterocycles. The van der Waals surface area contributed by atoms with Crippen LogP contribution in [-0.4, -0.2) is 30.1 Å². The number of benzene rings is 2. The Labute approximate surface area is 184 Å². The Morgan fingerprint density at radius 3 is 2.33 bits per heavy atom. The van der Waals surface area contributed by atoms with E-state index < -0.39 is 6.23 Å². The average Bonchev–Trinajstić information content (AvgIpc) is 3.02. The molecule has 152 valence electrons. The molecule has 2 N–H and O–H groups in total. The summed E-state index contributed by atoms with van der Waals surface area (Å²) in [6.07, 6.45) is -0.921. The topological polar surface area (TPSA) is 80.1 Å². The Morgan fingerprint density at radius 2 is 1.77 bits per heavy atom. The van der Waals surface area contributed by atoms with Gasteiger partial charge in [0.25, 0.3) is 0 Å². The van der Waals surface area contributed by atoms with Crippen LogP contribution in [0.5, 0.6) is 5.88 Å². The number of hydrogen-bond acceptors (Lipinski definition) is 5. The number of rotatable bonds is 3. The molecule has 6 nitrogen and oxygen atoms in total. The van der Waals surface area contributed by atoms with Crippen LogP contribution in [0.3, 0.4) is 0 Å². The number of nitriles is 1. The molecular weight excluding hydrogens is 421 g/mol. The summed E-state index contributed by atoms with van der Waals surface area (Å²) in [5.74, 6) is 0.448. The Bertz CT molecular complexity index is 1190. The summed E-state index contributed by atoms with van der Waals surface area (Å²) in [7, 11) is 3.95. The highest BCUT2D eigenvalue weighted by molar-refractivity contribution is 6.34. The lowest BCUT2D eigenvalue weighted by atomic mass is 9.91. The fourth-order valence-electron chi connectivity index (χ4n) is 3.54. The summed E-state index contributed by atoms with van der Waals surface area (Å²) >= 11 is 12.4. The first-order chi connectivity index (χ1) is 14.3. The second-order valence-corrected chi connectivity index (χ2v) is 8.06. The van der Waals surface area contributed by atoms with Gasteiger partial charge in [-0.3, -0.25) is 5.73 Å². The second kappa shape index (κ2) is 7.69. The minimum Gasteiger partial charge on any atom is -0.453 e. The fraction of sp³-hybridized carbons (Fsp3) is 0.182. The Morgan fingerprint density at radius 1 is 1.13 bits per heavy atom. The van der Waals surface area contributed by atoms with Crippen molar-refractivity contribution in [2.75, 3.05) is 19.0 Å². The van der Waals surface area contributed by atoms with Crippen LogP contribution in [0.25, 0.3) is 11.3 Å². The summed E-state index contributed by atoms with van der Waals surface area (Å²) in [6, 6.07) is 15.3. The Hall–Kier alpha value is -2.98. The van der Waals surface area contributed by atoms with Crippen LogP contribution in [0, 0.1) is 18.3 Å². The summed E-state index contributed by atoms with van der Waals surface area (Å²) in [5, 5.41) is 15.4. The van der Waals surface area contributed by atoms with E-state index in [1.807, 2.05) is 50.2 Å². The van der Waals surface area contributed by atoms with Crippen LogP contribution < -0.4 is 15.4 Å². The van der Waals surface area contributed by atoms with Gasteiger partial charge in [0.1, 0.15) is 6.07 Å². The van der Waals surface area contributed by atoms with E-state index in [1.54, 1.807) is 22.9 Å². The van der Waals surface area contributed by atoms with Crippen molar-refractivity contribution in [3.63, 3.8) is 0 Å². The number of nitrogens with two attached hydrogens (primary N) is 1. The van der Waals surface area contributed by atoms with Crippen molar-refractivity contribution in [3.05, 3.63) is 74.9 Å². The molecule has 4 rings (SSSR count). The lowest BCUT2D eigenvalue weighted by molar-refractivity contribution is 0.228. The van der Waals surface area contributed by atoms with Crippen molar-refractivity contribution >= 4 is 34.5 Å². The molecule has 0 bridgehead atoms. The van der Waals surface area contributed by atoms with E-state index >= 15 is 0 Å². The molecular formula is C22H19Cl2N5O. The molecule has 0 saturated carbocycles. The number of aromatic nitrogens is 2. The predicted molar refractivity (Wildman–Crippen MR) is 119 cm³/mol. The molecule has 3 aromatic rings. The molecule has 0 saturated heterocycles. The molecule has 0 amide bonds. The zero-order valence-electron chi connectivity index (χ0n) is 16.6. The number of ether oxygens (including phenoxy) is 1. The lowest BCUT2D eigenvalue weighted by Crippen LogP contribution is -2.33. The fourth-order valence-corrected chi connectivity index (χ4v) is 4.06. The third-order valence-corrected chi connectivity index (χ3v) is 5.38. The van der Waals surface area contributed by atoms with Crippen LogP contribution in [0.4, 0.5) is 5.69 Å². The van der Waals surface area contributed by atoms with Crippen molar-refractivity contribution in [1.29, 1.82) is 5.26 Å². The molecule has 2 heterocycles. The molecule has 8 heteroatoms. The number of anilines is 1. The SMILES string of the molecule is Cc1nn(-c2cc(Cl)cc(Cl)c2)c2c1C(c1ccc(N(C)C)cc1)=C(C#N)C(N)O2. The van der Waals surface area contributed by atoms with Gasteiger partial charge in [-0.2, -0.15) is 10.4 Å². The quantitative estimate of drug-likeness (QED) is 0.646. The van der Waals surface area contributed by atoms with Crippen LogP contribution in [0.15, 0.2) is 48.0 Å². The number of fused-ring (bicyclic) bond motifs is 1. The van der Waals surface area contributed by atoms with E-state index in [1.165, 1.54) is 0 Å². The van der Waals surface area contributed by atoms with Crippen molar-refractivity contribution in [1.82, 2.24) is 9.78 Å². The van der Waals surface area contributed by atoms with Gasteiger partial charge >= 0.3 is 0 Å². The normalized spacial score (nSPS) is 15.4. The molecule has 2 aromatic carbocycles. The number of halogens is 2. The molecule has 0 fully saturated rings. The first-order valence-electron chi connectivity index (χ1n) is 9.21. The largest absolute Gasteiger partial charge is 0.453 e. The van der Waals surface area contributed by atoms with E-state index in [4.69, 9.17) is 33.7 Å². The first-order valence-corrected chi connectivity index (χ1v) is 9.96. The van der Waals surface area contributed by atoms with E-state index in [-0.39, 0.29) is 0 Å². The maximum atomic E-state index is 9.81. The monoisotopic (exact) mass is 439 g/mol. The van der Waals surface area contributed by atoms with Gasteiger partial charge in [-0.05, 0) is 42.8 Å². The van der Waals surface area contributed by atoms with Crippen LogP contribution in [-0.2, 0) is 0 Å². The third-order valence-electron chi connectivity index (χ3n) is 4.95. The van der Waals surface area contributed by atoms with E-state index in [0.29, 0.717) is 38.5 Å². The van der Waals surface area contributed by atoms with Crippen molar-refractivity contribution in [2.45, 2.75) is 13.2 Å². The number of hydrogen-bond donors (Lipinski definition) is 1. The van der Waals surface area contributed by atoms with E-state index in [2.05, 4.69) is 11.2 Å². The molecule has 0 spiro atoms. The Kier molecular flexibility index (Phi) is 5.20.